The highest BCUT2D eigenvalue weighted by molar-refractivity contribution is 6.17. The molecule has 1 aromatic carbocycles. The number of hydrogen-bond acceptors (Lipinski definition) is 2. The summed E-state index contributed by atoms with van der Waals surface area (Å²) in [5.74, 6) is 0.453. The maximum Gasteiger partial charge on any atom is 0.0726 e. The molecule has 1 aromatic heterocycles. The molecule has 0 amide bonds. The fraction of sp³-hybridized carbons (Fsp3) is 0.438. The monoisotopic (exact) mass is 276 g/mol. The number of rotatable bonds is 5. The topological polar surface area (TPSA) is 16.1 Å². The Morgan fingerprint density at radius 2 is 1.89 bits per heavy atom. The highest BCUT2D eigenvalue weighted by atomic mass is 35.5. The molecule has 0 fully saturated rings. The number of fused-ring (bicyclic) bond motifs is 1. The third-order valence-electron chi connectivity index (χ3n) is 3.75. The predicted octanol–water partition coefficient (Wildman–Crippen LogP) is 4.60. The zero-order valence-electron chi connectivity index (χ0n) is 11.9. The molecule has 2 nitrogen and oxygen atoms in total. The van der Waals surface area contributed by atoms with Crippen LogP contribution >= 0.6 is 11.6 Å². The zero-order chi connectivity index (χ0) is 13.8. The fourth-order valence-corrected chi connectivity index (χ4v) is 2.74. The van der Waals surface area contributed by atoms with Gasteiger partial charge in [0.15, 0.2) is 0 Å². The zero-order valence-corrected chi connectivity index (χ0v) is 12.6. The number of aromatic nitrogens is 1. The molecule has 0 saturated heterocycles. The number of benzene rings is 1. The van der Waals surface area contributed by atoms with Gasteiger partial charge in [-0.15, -0.1) is 11.6 Å². The van der Waals surface area contributed by atoms with Crippen molar-refractivity contribution in [3.05, 3.63) is 36.0 Å². The lowest BCUT2D eigenvalue weighted by Gasteiger charge is -2.29. The van der Waals surface area contributed by atoms with Gasteiger partial charge in [0.25, 0.3) is 0 Å². The average Bonchev–Trinajstić information content (AvgIpc) is 2.47. The van der Waals surface area contributed by atoms with Crippen molar-refractivity contribution in [2.45, 2.75) is 38.6 Å². The van der Waals surface area contributed by atoms with Gasteiger partial charge in [-0.1, -0.05) is 32.0 Å². The summed E-state index contributed by atoms with van der Waals surface area (Å²) in [6.07, 6.45) is 2.28. The molecule has 0 spiro atoms. The number of alkyl halides is 1. The Kier molecular flexibility index (Phi) is 4.65. The summed E-state index contributed by atoms with van der Waals surface area (Å²) in [4.78, 5) is 6.95. The molecule has 0 unspecified atom stereocenters. The van der Waals surface area contributed by atoms with Gasteiger partial charge in [-0.2, -0.15) is 0 Å². The van der Waals surface area contributed by atoms with Crippen LogP contribution in [0.4, 0.5) is 5.69 Å². The van der Waals surface area contributed by atoms with E-state index < -0.39 is 0 Å². The minimum Gasteiger partial charge on any atom is -0.371 e. The SMILES string of the molecule is CCC(CC)N(C)c1cc(CCl)nc2ccccc12. The van der Waals surface area contributed by atoms with Gasteiger partial charge in [0.05, 0.1) is 17.1 Å². The third-order valence-corrected chi connectivity index (χ3v) is 4.03. The second-order valence-corrected chi connectivity index (χ2v) is 5.13. The first-order valence-corrected chi connectivity index (χ1v) is 7.42. The van der Waals surface area contributed by atoms with E-state index in [0.29, 0.717) is 11.9 Å². The summed E-state index contributed by atoms with van der Waals surface area (Å²) in [5, 5.41) is 1.20. The lowest BCUT2D eigenvalue weighted by atomic mass is 10.1. The summed E-state index contributed by atoms with van der Waals surface area (Å²) in [6, 6.07) is 10.9. The van der Waals surface area contributed by atoms with Crippen molar-refractivity contribution in [3.63, 3.8) is 0 Å². The molecule has 0 aliphatic rings. The first kappa shape index (κ1) is 14.1. The molecule has 2 aromatic rings. The Morgan fingerprint density at radius 3 is 2.53 bits per heavy atom. The van der Waals surface area contributed by atoms with Crippen LogP contribution in [0.5, 0.6) is 0 Å². The highest BCUT2D eigenvalue weighted by Crippen LogP contribution is 2.29. The highest BCUT2D eigenvalue weighted by Gasteiger charge is 2.15. The van der Waals surface area contributed by atoms with Crippen molar-refractivity contribution in [3.8, 4) is 0 Å². The molecule has 1 heterocycles. The molecule has 0 saturated carbocycles. The van der Waals surface area contributed by atoms with E-state index >= 15 is 0 Å². The van der Waals surface area contributed by atoms with Crippen molar-refractivity contribution < 1.29 is 0 Å². The molecule has 0 aliphatic heterocycles. The summed E-state index contributed by atoms with van der Waals surface area (Å²) in [7, 11) is 2.16. The van der Waals surface area contributed by atoms with E-state index in [9.17, 15) is 0 Å². The maximum atomic E-state index is 5.97. The van der Waals surface area contributed by atoms with Crippen LogP contribution in [-0.2, 0) is 5.88 Å². The van der Waals surface area contributed by atoms with Crippen molar-refractivity contribution in [1.82, 2.24) is 4.98 Å². The molecule has 3 heteroatoms. The number of pyridine rings is 1. The molecule has 0 aliphatic carbocycles. The molecule has 19 heavy (non-hydrogen) atoms. The number of anilines is 1. The molecule has 2 rings (SSSR count). The minimum atomic E-state index is 0.453. The number of halogens is 1. The molecular weight excluding hydrogens is 256 g/mol. The summed E-state index contributed by atoms with van der Waals surface area (Å²) < 4.78 is 0. The van der Waals surface area contributed by atoms with Gasteiger partial charge in [-0.25, -0.2) is 0 Å². The largest absolute Gasteiger partial charge is 0.371 e. The molecule has 102 valence electrons. The van der Waals surface area contributed by atoms with E-state index in [1.807, 2.05) is 6.07 Å². The second kappa shape index (κ2) is 6.25. The Bertz CT molecular complexity index is 549. The summed E-state index contributed by atoms with van der Waals surface area (Å²) in [6.45, 7) is 4.47. The van der Waals surface area contributed by atoms with Crippen molar-refractivity contribution in [2.75, 3.05) is 11.9 Å². The van der Waals surface area contributed by atoms with E-state index in [0.717, 1.165) is 24.1 Å². The van der Waals surface area contributed by atoms with Gasteiger partial charge >= 0.3 is 0 Å². The Morgan fingerprint density at radius 1 is 1.21 bits per heavy atom. The first-order chi connectivity index (χ1) is 9.21. The van der Waals surface area contributed by atoms with Crippen molar-refractivity contribution in [2.24, 2.45) is 0 Å². The lowest BCUT2D eigenvalue weighted by Crippen LogP contribution is -2.30. The van der Waals surface area contributed by atoms with Gasteiger partial charge in [-0.3, -0.25) is 4.98 Å². The predicted molar refractivity (Wildman–Crippen MR) is 84.1 cm³/mol. The molecule has 0 radical (unpaired) electrons. The summed E-state index contributed by atoms with van der Waals surface area (Å²) >= 11 is 5.97. The van der Waals surface area contributed by atoms with E-state index in [-0.39, 0.29) is 0 Å². The van der Waals surface area contributed by atoms with Crippen LogP contribution in [0.2, 0.25) is 0 Å². The van der Waals surface area contributed by atoms with Crippen LogP contribution in [0, 0.1) is 0 Å². The van der Waals surface area contributed by atoms with Crippen LogP contribution in [0.15, 0.2) is 30.3 Å². The smallest absolute Gasteiger partial charge is 0.0726 e. The Balaban J connectivity index is 2.57. The number of hydrogen-bond donors (Lipinski definition) is 0. The van der Waals surface area contributed by atoms with Crippen LogP contribution < -0.4 is 4.90 Å². The second-order valence-electron chi connectivity index (χ2n) is 4.86. The van der Waals surface area contributed by atoms with Crippen LogP contribution in [0.1, 0.15) is 32.4 Å². The van der Waals surface area contributed by atoms with Gasteiger partial charge < -0.3 is 4.90 Å². The summed E-state index contributed by atoms with van der Waals surface area (Å²) in [5.41, 5.74) is 3.19. The molecule has 0 atom stereocenters. The van der Waals surface area contributed by atoms with Gasteiger partial charge in [0.1, 0.15) is 0 Å². The Labute approximate surface area is 120 Å². The van der Waals surface area contributed by atoms with Gasteiger partial charge in [0, 0.05) is 24.2 Å². The maximum absolute atomic E-state index is 5.97. The minimum absolute atomic E-state index is 0.453. The number of nitrogens with zero attached hydrogens (tertiary/aromatic N) is 2. The normalized spacial score (nSPS) is 11.2. The van der Waals surface area contributed by atoms with E-state index in [2.05, 4.69) is 55.0 Å². The van der Waals surface area contributed by atoms with Crippen LogP contribution in [-0.4, -0.2) is 18.1 Å². The lowest BCUT2D eigenvalue weighted by molar-refractivity contribution is 0.592. The van der Waals surface area contributed by atoms with Gasteiger partial charge in [-0.05, 0) is 25.0 Å². The van der Waals surface area contributed by atoms with Crippen molar-refractivity contribution >= 4 is 28.2 Å². The first-order valence-electron chi connectivity index (χ1n) is 6.88. The van der Waals surface area contributed by atoms with E-state index in [1.54, 1.807) is 0 Å². The number of para-hydroxylation sites is 1. The molecule has 0 N–H and O–H groups in total. The molecule has 0 bridgehead atoms. The standard InChI is InChI=1S/C16H21ClN2/c1-4-13(5-2)19(3)16-10-12(11-17)18-15-9-7-6-8-14(15)16/h6-10,13H,4-5,11H2,1-3H3. The Hall–Kier alpha value is -1.28. The fourth-order valence-electron chi connectivity index (χ4n) is 2.60. The van der Waals surface area contributed by atoms with Gasteiger partial charge in [0.2, 0.25) is 0 Å². The van der Waals surface area contributed by atoms with E-state index in [4.69, 9.17) is 11.6 Å². The quantitative estimate of drug-likeness (QED) is 0.742. The van der Waals surface area contributed by atoms with Crippen molar-refractivity contribution in [1.29, 1.82) is 0 Å². The average molecular weight is 277 g/mol. The third kappa shape index (κ3) is 2.84. The van der Waals surface area contributed by atoms with E-state index in [1.165, 1.54) is 11.1 Å². The van der Waals surface area contributed by atoms with Crippen LogP contribution in [0.25, 0.3) is 10.9 Å². The van der Waals surface area contributed by atoms with Crippen LogP contribution in [0.3, 0.4) is 0 Å². The molecular formula is C16H21ClN2.